The second kappa shape index (κ2) is 7.98. The molecule has 3 atom stereocenters. The number of nitrogens with one attached hydrogen (secondary N) is 2. The minimum atomic E-state index is -4.77. The zero-order chi connectivity index (χ0) is 25.1. The Balaban J connectivity index is 1.56. The number of nitrogens with zero attached hydrogens (tertiary/aromatic N) is 1. The van der Waals surface area contributed by atoms with Gasteiger partial charge in [-0.1, -0.05) is 24.3 Å². The Hall–Kier alpha value is -3.60. The van der Waals surface area contributed by atoms with E-state index in [2.05, 4.69) is 15.4 Å². The van der Waals surface area contributed by atoms with Crippen LogP contribution < -0.4 is 20.3 Å². The van der Waals surface area contributed by atoms with Gasteiger partial charge in [0.05, 0.1) is 18.2 Å². The van der Waals surface area contributed by atoms with Crippen molar-refractivity contribution in [3.05, 3.63) is 48.0 Å². The molecule has 5 rings (SSSR count). The van der Waals surface area contributed by atoms with Gasteiger partial charge >= 0.3 is 12.4 Å². The lowest BCUT2D eigenvalue weighted by Crippen LogP contribution is -2.75. The first kappa shape index (κ1) is 23.2. The van der Waals surface area contributed by atoms with Crippen LogP contribution in [0.1, 0.15) is 19.4 Å². The monoisotopic (exact) mass is 489 g/mol. The summed E-state index contributed by atoms with van der Waals surface area (Å²) in [6.07, 6.45) is -5.40. The first-order valence-corrected chi connectivity index (χ1v) is 11.1. The average molecular weight is 489 g/mol. The molecule has 8 nitrogen and oxygen atoms in total. The second-order valence-corrected chi connectivity index (χ2v) is 9.05. The van der Waals surface area contributed by atoms with E-state index in [1.807, 2.05) is 17.9 Å². The van der Waals surface area contributed by atoms with Crippen molar-refractivity contribution in [3.8, 4) is 16.9 Å². The number of benzene rings is 2. The van der Waals surface area contributed by atoms with Crippen LogP contribution in [0.3, 0.4) is 0 Å². The summed E-state index contributed by atoms with van der Waals surface area (Å²) in [4.78, 5) is 40.0. The van der Waals surface area contributed by atoms with Crippen molar-refractivity contribution in [1.29, 1.82) is 0 Å². The maximum atomic E-state index is 13.1. The van der Waals surface area contributed by atoms with Crippen LogP contribution >= 0.6 is 0 Å². The Bertz CT molecular complexity index is 1190. The molecular weight excluding hydrogens is 467 g/mol. The highest BCUT2D eigenvalue weighted by molar-refractivity contribution is 6.20. The lowest BCUT2D eigenvalue weighted by Gasteiger charge is -2.55. The highest BCUT2D eigenvalue weighted by Gasteiger charge is 2.62. The number of hydrogen-bond acceptors (Lipinski definition) is 6. The summed E-state index contributed by atoms with van der Waals surface area (Å²) in [5.41, 5.74) is 1.40. The molecule has 1 spiro atoms. The molecule has 35 heavy (non-hydrogen) atoms. The molecule has 3 aliphatic heterocycles. The summed E-state index contributed by atoms with van der Waals surface area (Å²) < 4.78 is 47.4. The Morgan fingerprint density at radius 3 is 2.26 bits per heavy atom. The van der Waals surface area contributed by atoms with E-state index < -0.39 is 41.8 Å². The third kappa shape index (κ3) is 3.89. The number of fused-ring (bicyclic) bond motifs is 4. The summed E-state index contributed by atoms with van der Waals surface area (Å²) >= 11 is 0. The van der Waals surface area contributed by atoms with E-state index in [1.54, 1.807) is 19.1 Å². The lowest BCUT2D eigenvalue weighted by molar-refractivity contribution is -0.274. The van der Waals surface area contributed by atoms with E-state index in [1.165, 1.54) is 24.3 Å². The van der Waals surface area contributed by atoms with Gasteiger partial charge in [0.2, 0.25) is 11.8 Å². The summed E-state index contributed by atoms with van der Waals surface area (Å²) in [7, 11) is 0. The van der Waals surface area contributed by atoms with E-state index >= 15 is 0 Å². The van der Waals surface area contributed by atoms with Gasteiger partial charge in [0.1, 0.15) is 5.75 Å². The van der Waals surface area contributed by atoms with Crippen LogP contribution in [0.15, 0.2) is 42.5 Å². The van der Waals surface area contributed by atoms with E-state index in [9.17, 15) is 27.6 Å². The number of carbonyl (C=O) groups excluding carboxylic acids is 3. The molecule has 0 saturated carbocycles. The largest absolute Gasteiger partial charge is 0.573 e. The molecule has 3 aliphatic rings. The van der Waals surface area contributed by atoms with Gasteiger partial charge in [0.25, 0.3) is 0 Å². The van der Waals surface area contributed by atoms with Crippen LogP contribution in [0.2, 0.25) is 0 Å². The summed E-state index contributed by atoms with van der Waals surface area (Å²) in [5.74, 6) is -1.65. The van der Waals surface area contributed by atoms with E-state index in [0.29, 0.717) is 12.1 Å². The second-order valence-electron chi connectivity index (χ2n) is 9.05. The number of carbonyl (C=O) groups is 3. The van der Waals surface area contributed by atoms with Crippen molar-refractivity contribution >= 4 is 23.5 Å². The lowest BCUT2D eigenvalue weighted by atomic mass is 9.66. The molecule has 2 saturated heterocycles. The Kier molecular flexibility index (Phi) is 5.28. The molecule has 3 heterocycles. The number of imide groups is 2. The fourth-order valence-corrected chi connectivity index (χ4v) is 5.45. The standard InChI is InChI=1S/C24H22F3N3O5/c1-12-11-30-18-9-15(14-5-7-17(8-6-14)35-24(25,26)27)3-4-16(18)10-23(19(30)13(2)34-12)20(31)28-22(33)29-21(23)32/h3-9,12-13,19H,10-11H2,1-2H3,(H2,28,29,31,32,33)/t12-,13+,19-/m1/s1. The third-order valence-corrected chi connectivity index (χ3v) is 6.74. The fourth-order valence-electron chi connectivity index (χ4n) is 5.45. The maximum absolute atomic E-state index is 13.1. The molecule has 11 heteroatoms. The Labute approximate surface area is 198 Å². The number of halogens is 3. The van der Waals surface area contributed by atoms with Crippen LogP contribution in [0, 0.1) is 5.41 Å². The van der Waals surface area contributed by atoms with E-state index in [0.717, 1.165) is 16.8 Å². The minimum Gasteiger partial charge on any atom is -0.406 e. The molecule has 4 amide bonds. The molecule has 2 aromatic rings. The molecule has 0 radical (unpaired) electrons. The SMILES string of the molecule is C[C@@H]1CN2c3cc(-c4ccc(OC(F)(F)F)cc4)ccc3CC3(C(=O)NC(=O)NC3=O)[C@H]2[C@H](C)O1. The molecule has 2 N–H and O–H groups in total. The van der Waals surface area contributed by atoms with Gasteiger partial charge < -0.3 is 14.4 Å². The number of barbiturate groups is 1. The Morgan fingerprint density at radius 1 is 1.00 bits per heavy atom. The quantitative estimate of drug-likeness (QED) is 0.630. The highest BCUT2D eigenvalue weighted by atomic mass is 19.4. The van der Waals surface area contributed by atoms with Gasteiger partial charge in [-0.15, -0.1) is 13.2 Å². The number of rotatable bonds is 2. The zero-order valence-electron chi connectivity index (χ0n) is 18.8. The van der Waals surface area contributed by atoms with E-state index in [-0.39, 0.29) is 18.3 Å². The van der Waals surface area contributed by atoms with Gasteiger partial charge in [0, 0.05) is 12.2 Å². The summed E-state index contributed by atoms with van der Waals surface area (Å²) in [6, 6.07) is 9.49. The molecule has 0 aliphatic carbocycles. The number of ether oxygens (including phenoxy) is 2. The highest BCUT2D eigenvalue weighted by Crippen LogP contribution is 2.47. The average Bonchev–Trinajstić information content (AvgIpc) is 2.76. The Morgan fingerprint density at radius 2 is 1.63 bits per heavy atom. The molecule has 184 valence electrons. The summed E-state index contributed by atoms with van der Waals surface area (Å²) in [5, 5.41) is 4.48. The zero-order valence-corrected chi connectivity index (χ0v) is 18.8. The molecule has 2 fully saturated rings. The predicted molar refractivity (Wildman–Crippen MR) is 118 cm³/mol. The number of urea groups is 1. The number of amides is 4. The predicted octanol–water partition coefficient (Wildman–Crippen LogP) is 3.14. The molecule has 2 aromatic carbocycles. The third-order valence-electron chi connectivity index (χ3n) is 6.74. The molecule has 0 bridgehead atoms. The normalized spacial score (nSPS) is 25.5. The number of morpholine rings is 1. The van der Waals surface area contributed by atoms with Gasteiger partial charge in [-0.2, -0.15) is 0 Å². The molecular formula is C24H22F3N3O5. The number of hydrogen-bond donors (Lipinski definition) is 2. The van der Waals surface area contributed by atoms with Crippen molar-refractivity contribution < 1.29 is 37.0 Å². The van der Waals surface area contributed by atoms with Gasteiger partial charge in [0.15, 0.2) is 5.41 Å². The van der Waals surface area contributed by atoms with Gasteiger partial charge in [-0.25, -0.2) is 4.79 Å². The van der Waals surface area contributed by atoms with Crippen LogP contribution in [0.4, 0.5) is 23.7 Å². The van der Waals surface area contributed by atoms with Crippen LogP contribution in [-0.2, 0) is 20.7 Å². The maximum Gasteiger partial charge on any atom is 0.573 e. The first-order chi connectivity index (χ1) is 16.5. The first-order valence-electron chi connectivity index (χ1n) is 11.1. The van der Waals surface area contributed by atoms with Crippen molar-refractivity contribution in [2.24, 2.45) is 5.41 Å². The van der Waals surface area contributed by atoms with Crippen molar-refractivity contribution in [3.63, 3.8) is 0 Å². The molecule has 0 unspecified atom stereocenters. The molecule has 0 aromatic heterocycles. The van der Waals surface area contributed by atoms with Crippen molar-refractivity contribution in [1.82, 2.24) is 10.6 Å². The van der Waals surface area contributed by atoms with Gasteiger partial charge in [-0.05, 0) is 55.2 Å². The smallest absolute Gasteiger partial charge is 0.406 e. The van der Waals surface area contributed by atoms with Crippen LogP contribution in [0.25, 0.3) is 11.1 Å². The van der Waals surface area contributed by atoms with Crippen molar-refractivity contribution in [2.75, 3.05) is 11.4 Å². The van der Waals surface area contributed by atoms with Gasteiger partial charge in [-0.3, -0.25) is 20.2 Å². The minimum absolute atomic E-state index is 0.0647. The van der Waals surface area contributed by atoms with E-state index in [4.69, 9.17) is 4.74 Å². The number of anilines is 1. The van der Waals surface area contributed by atoms with Crippen LogP contribution in [0.5, 0.6) is 5.75 Å². The topological polar surface area (TPSA) is 97.0 Å². The van der Waals surface area contributed by atoms with Crippen LogP contribution in [-0.4, -0.2) is 49.0 Å². The summed E-state index contributed by atoms with van der Waals surface area (Å²) in [6.45, 7) is 4.09. The fraction of sp³-hybridized carbons (Fsp3) is 0.375. The van der Waals surface area contributed by atoms with Crippen molar-refractivity contribution in [2.45, 2.75) is 44.9 Å². The number of alkyl halides is 3.